The SMILES string of the molecule is CCCON(C)N(C)N([O-])C(C)(CC)CC. The molecule has 0 unspecified atom stereocenters. The average Bonchev–Trinajstić information content (AvgIpc) is 2.32. The molecule has 0 spiro atoms. The Morgan fingerprint density at radius 2 is 1.62 bits per heavy atom. The van der Waals surface area contributed by atoms with Crippen molar-refractivity contribution in [1.82, 2.24) is 15.5 Å². The molecule has 0 N–H and O–H groups in total. The van der Waals surface area contributed by atoms with Gasteiger partial charge in [-0.15, -0.1) is 5.17 Å². The van der Waals surface area contributed by atoms with Crippen molar-refractivity contribution in [2.75, 3.05) is 20.7 Å². The van der Waals surface area contributed by atoms with Crippen LogP contribution < -0.4 is 0 Å². The van der Waals surface area contributed by atoms with Crippen LogP contribution in [0.25, 0.3) is 0 Å². The lowest BCUT2D eigenvalue weighted by atomic mass is 9.96. The summed E-state index contributed by atoms with van der Waals surface area (Å²) < 4.78 is 0. The minimum absolute atomic E-state index is 0.376. The van der Waals surface area contributed by atoms with Crippen molar-refractivity contribution in [2.24, 2.45) is 0 Å². The smallest absolute Gasteiger partial charge is 0.0699 e. The van der Waals surface area contributed by atoms with Crippen molar-refractivity contribution in [3.8, 4) is 0 Å². The van der Waals surface area contributed by atoms with E-state index in [2.05, 4.69) is 0 Å². The second kappa shape index (κ2) is 7.19. The molecule has 0 bridgehead atoms. The molecule has 5 nitrogen and oxygen atoms in total. The van der Waals surface area contributed by atoms with Gasteiger partial charge in [0.2, 0.25) is 0 Å². The van der Waals surface area contributed by atoms with Gasteiger partial charge in [0.15, 0.2) is 0 Å². The highest BCUT2D eigenvalue weighted by atomic mass is 16.7. The van der Waals surface area contributed by atoms with Crippen LogP contribution in [0.4, 0.5) is 0 Å². The Morgan fingerprint density at radius 1 is 1.12 bits per heavy atom. The molecule has 0 aromatic carbocycles. The van der Waals surface area contributed by atoms with Crippen LogP contribution in [-0.4, -0.2) is 41.7 Å². The fraction of sp³-hybridized carbons (Fsp3) is 1.00. The van der Waals surface area contributed by atoms with Crippen LogP contribution in [-0.2, 0) is 4.84 Å². The first kappa shape index (κ1) is 15.8. The van der Waals surface area contributed by atoms with Crippen LogP contribution in [0.1, 0.15) is 47.0 Å². The molecular formula is C11H26N3O2-. The van der Waals surface area contributed by atoms with Gasteiger partial charge in [0, 0.05) is 19.6 Å². The van der Waals surface area contributed by atoms with Gasteiger partial charge in [-0.25, -0.2) is 0 Å². The third-order valence-electron chi connectivity index (χ3n) is 3.14. The minimum Gasteiger partial charge on any atom is -0.770 e. The molecule has 0 radical (unpaired) electrons. The maximum Gasteiger partial charge on any atom is 0.0699 e. The first-order valence-corrected chi connectivity index (χ1v) is 6.00. The Balaban J connectivity index is 4.40. The number of nitrogens with zero attached hydrogens (tertiary/aromatic N) is 3. The zero-order valence-corrected chi connectivity index (χ0v) is 11.5. The first-order chi connectivity index (χ1) is 7.42. The summed E-state index contributed by atoms with van der Waals surface area (Å²) in [6.45, 7) is 8.66. The van der Waals surface area contributed by atoms with Gasteiger partial charge in [0.25, 0.3) is 0 Å². The van der Waals surface area contributed by atoms with E-state index in [0.717, 1.165) is 24.4 Å². The van der Waals surface area contributed by atoms with E-state index in [1.807, 2.05) is 27.7 Å². The van der Waals surface area contributed by atoms with Gasteiger partial charge >= 0.3 is 0 Å². The van der Waals surface area contributed by atoms with Crippen LogP contribution in [0.2, 0.25) is 0 Å². The Morgan fingerprint density at radius 3 is 2.00 bits per heavy atom. The van der Waals surface area contributed by atoms with E-state index < -0.39 is 0 Å². The summed E-state index contributed by atoms with van der Waals surface area (Å²) in [4.78, 5) is 5.38. The Labute approximate surface area is 99.4 Å². The quantitative estimate of drug-likeness (QED) is 0.601. The number of rotatable bonds is 8. The van der Waals surface area contributed by atoms with Crippen molar-refractivity contribution < 1.29 is 4.84 Å². The molecule has 0 saturated heterocycles. The summed E-state index contributed by atoms with van der Waals surface area (Å²) in [5.74, 6) is 0. The second-order valence-corrected chi connectivity index (χ2v) is 4.26. The molecule has 16 heavy (non-hydrogen) atoms. The van der Waals surface area contributed by atoms with Gasteiger partial charge in [0.05, 0.1) is 6.61 Å². The summed E-state index contributed by atoms with van der Waals surface area (Å²) in [6.07, 6.45) is 2.54. The Bertz CT molecular complexity index is 186. The first-order valence-electron chi connectivity index (χ1n) is 6.00. The summed E-state index contributed by atoms with van der Waals surface area (Å²) in [5, 5.41) is 16.1. The maximum atomic E-state index is 12.2. The number of hydrazine groups is 2. The second-order valence-electron chi connectivity index (χ2n) is 4.26. The minimum atomic E-state index is -0.376. The molecule has 0 atom stereocenters. The molecule has 0 heterocycles. The highest BCUT2D eigenvalue weighted by Gasteiger charge is 2.25. The standard InChI is InChI=1S/C11H26N3O2/c1-7-10-16-13(6)12(5)14(15)11(4,8-2)9-3/h7-10H2,1-6H3/q-1. The molecule has 0 aliphatic rings. The van der Waals surface area contributed by atoms with Gasteiger partial charge in [0.1, 0.15) is 0 Å². The number of hydrogen-bond acceptors (Lipinski definition) is 5. The molecule has 0 rings (SSSR count). The predicted molar refractivity (Wildman–Crippen MR) is 66.0 cm³/mol. The van der Waals surface area contributed by atoms with Gasteiger partial charge < -0.3 is 5.21 Å². The van der Waals surface area contributed by atoms with Crippen LogP contribution >= 0.6 is 0 Å². The van der Waals surface area contributed by atoms with E-state index in [0.29, 0.717) is 6.61 Å². The molecule has 0 aliphatic heterocycles. The maximum absolute atomic E-state index is 12.2. The lowest BCUT2D eigenvalue weighted by molar-refractivity contribution is -0.332. The molecule has 0 aliphatic carbocycles. The lowest BCUT2D eigenvalue weighted by Crippen LogP contribution is -2.55. The van der Waals surface area contributed by atoms with Crippen molar-refractivity contribution >= 4 is 0 Å². The predicted octanol–water partition coefficient (Wildman–Crippen LogP) is 2.40. The third-order valence-corrected chi connectivity index (χ3v) is 3.14. The zero-order valence-electron chi connectivity index (χ0n) is 11.5. The van der Waals surface area contributed by atoms with Gasteiger partial charge in [-0.1, -0.05) is 20.8 Å². The molecule has 98 valence electrons. The summed E-state index contributed by atoms with van der Waals surface area (Å²) in [5.41, 5.74) is -0.376. The van der Waals surface area contributed by atoms with E-state index in [1.54, 1.807) is 14.1 Å². The molecule has 0 saturated carbocycles. The molecule has 0 aromatic heterocycles. The van der Waals surface area contributed by atoms with Crippen molar-refractivity contribution in [3.05, 3.63) is 5.21 Å². The van der Waals surface area contributed by atoms with E-state index in [-0.39, 0.29) is 5.54 Å². The van der Waals surface area contributed by atoms with Crippen LogP contribution in [0.15, 0.2) is 0 Å². The van der Waals surface area contributed by atoms with Crippen LogP contribution in [0.3, 0.4) is 0 Å². The Hall–Kier alpha value is -0.200. The number of hydroxylamine groups is 2. The van der Waals surface area contributed by atoms with Gasteiger partial charge in [-0.3, -0.25) is 10.0 Å². The molecular weight excluding hydrogens is 206 g/mol. The lowest BCUT2D eigenvalue weighted by Gasteiger charge is -2.52. The molecule has 0 fully saturated rings. The monoisotopic (exact) mass is 232 g/mol. The highest BCUT2D eigenvalue weighted by Crippen LogP contribution is 2.23. The fourth-order valence-corrected chi connectivity index (χ4v) is 1.29. The fourth-order valence-electron chi connectivity index (χ4n) is 1.29. The van der Waals surface area contributed by atoms with Crippen molar-refractivity contribution in [3.63, 3.8) is 0 Å². The highest BCUT2D eigenvalue weighted by molar-refractivity contribution is 4.81. The van der Waals surface area contributed by atoms with Crippen molar-refractivity contribution in [2.45, 2.75) is 52.5 Å². The topological polar surface area (TPSA) is 42.0 Å². The van der Waals surface area contributed by atoms with E-state index >= 15 is 0 Å². The largest absolute Gasteiger partial charge is 0.770 e. The van der Waals surface area contributed by atoms with Crippen molar-refractivity contribution in [1.29, 1.82) is 0 Å². The average molecular weight is 232 g/mol. The zero-order chi connectivity index (χ0) is 12.8. The molecule has 0 amide bonds. The van der Waals surface area contributed by atoms with Crippen LogP contribution in [0, 0.1) is 5.21 Å². The van der Waals surface area contributed by atoms with E-state index in [4.69, 9.17) is 4.84 Å². The molecule has 0 aromatic rings. The third kappa shape index (κ3) is 3.99. The summed E-state index contributed by atoms with van der Waals surface area (Å²) in [7, 11) is 3.46. The summed E-state index contributed by atoms with van der Waals surface area (Å²) >= 11 is 0. The van der Waals surface area contributed by atoms with E-state index in [9.17, 15) is 5.21 Å². The van der Waals surface area contributed by atoms with Gasteiger partial charge in [-0.2, -0.15) is 5.12 Å². The number of hydrogen-bond donors (Lipinski definition) is 0. The normalized spacial score (nSPS) is 13.1. The molecule has 5 heteroatoms. The van der Waals surface area contributed by atoms with Crippen LogP contribution in [0.5, 0.6) is 0 Å². The summed E-state index contributed by atoms with van der Waals surface area (Å²) in [6, 6.07) is 0. The Kier molecular flexibility index (Phi) is 7.10. The van der Waals surface area contributed by atoms with E-state index in [1.165, 1.54) is 10.3 Å². The van der Waals surface area contributed by atoms with Gasteiger partial charge in [-0.05, 0) is 26.2 Å².